The molecular formula is C18H21BrN2O2. The van der Waals surface area contributed by atoms with E-state index in [1.807, 2.05) is 18.2 Å². The molecule has 23 heavy (non-hydrogen) atoms. The van der Waals surface area contributed by atoms with Gasteiger partial charge in [-0.3, -0.25) is 4.79 Å². The minimum absolute atomic E-state index is 0.0965. The Morgan fingerprint density at radius 2 is 2.17 bits per heavy atom. The molecule has 0 unspecified atom stereocenters. The zero-order valence-electron chi connectivity index (χ0n) is 13.4. The first kappa shape index (κ1) is 17.6. The van der Waals surface area contributed by atoms with Crippen LogP contribution in [0.5, 0.6) is 5.75 Å². The van der Waals surface area contributed by atoms with E-state index in [1.54, 1.807) is 19.3 Å². The Balaban J connectivity index is 2.20. The lowest BCUT2D eigenvalue weighted by molar-refractivity contribution is -0.118. The van der Waals surface area contributed by atoms with Crippen LogP contribution in [0.4, 0.5) is 0 Å². The SMILES string of the molecule is COc1ccc(Br)cc1/C=C(\C#N)C(=O)N[C@H]1CCCC[C@@H]1C. The normalized spacial score (nSPS) is 21.4. The lowest BCUT2D eigenvalue weighted by Crippen LogP contribution is -2.41. The van der Waals surface area contributed by atoms with Crippen molar-refractivity contribution in [1.82, 2.24) is 5.32 Å². The van der Waals surface area contributed by atoms with E-state index in [4.69, 9.17) is 4.74 Å². The summed E-state index contributed by atoms with van der Waals surface area (Å²) in [6.45, 7) is 2.15. The smallest absolute Gasteiger partial charge is 0.262 e. The molecule has 0 saturated heterocycles. The largest absolute Gasteiger partial charge is 0.496 e. The number of methoxy groups -OCH3 is 1. The highest BCUT2D eigenvalue weighted by atomic mass is 79.9. The fraction of sp³-hybridized carbons (Fsp3) is 0.444. The van der Waals surface area contributed by atoms with Crippen molar-refractivity contribution in [3.8, 4) is 11.8 Å². The summed E-state index contributed by atoms with van der Waals surface area (Å²) in [6, 6.07) is 7.63. The molecule has 0 spiro atoms. The molecule has 1 amide bonds. The van der Waals surface area contributed by atoms with E-state index in [0.29, 0.717) is 17.2 Å². The second-order valence-electron chi connectivity index (χ2n) is 5.90. The summed E-state index contributed by atoms with van der Waals surface area (Å²) in [6.07, 6.45) is 6.01. The summed E-state index contributed by atoms with van der Waals surface area (Å²) in [4.78, 5) is 12.4. The van der Waals surface area contributed by atoms with Gasteiger partial charge >= 0.3 is 0 Å². The van der Waals surface area contributed by atoms with Gasteiger partial charge in [-0.25, -0.2) is 0 Å². The highest BCUT2D eigenvalue weighted by Gasteiger charge is 2.24. The van der Waals surface area contributed by atoms with E-state index in [1.165, 1.54) is 6.42 Å². The van der Waals surface area contributed by atoms with Crippen molar-refractivity contribution < 1.29 is 9.53 Å². The highest BCUT2D eigenvalue weighted by molar-refractivity contribution is 9.10. The topological polar surface area (TPSA) is 62.1 Å². The van der Waals surface area contributed by atoms with E-state index in [-0.39, 0.29) is 17.5 Å². The number of nitriles is 1. The number of hydrogen-bond donors (Lipinski definition) is 1. The number of rotatable bonds is 4. The van der Waals surface area contributed by atoms with Crippen LogP contribution in [0.15, 0.2) is 28.2 Å². The molecule has 122 valence electrons. The van der Waals surface area contributed by atoms with E-state index in [0.717, 1.165) is 23.7 Å². The van der Waals surface area contributed by atoms with Gasteiger partial charge in [-0.15, -0.1) is 0 Å². The number of nitrogens with one attached hydrogen (secondary N) is 1. The van der Waals surface area contributed by atoms with Gasteiger partial charge in [0.1, 0.15) is 17.4 Å². The molecule has 2 rings (SSSR count). The quantitative estimate of drug-likeness (QED) is 0.636. The van der Waals surface area contributed by atoms with Crippen LogP contribution < -0.4 is 10.1 Å². The molecule has 1 saturated carbocycles. The first-order valence-corrected chi connectivity index (χ1v) is 8.60. The lowest BCUT2D eigenvalue weighted by Gasteiger charge is -2.29. The Morgan fingerprint density at radius 3 is 2.83 bits per heavy atom. The maximum Gasteiger partial charge on any atom is 0.262 e. The van der Waals surface area contributed by atoms with Crippen molar-refractivity contribution in [2.75, 3.05) is 7.11 Å². The predicted molar refractivity (Wildman–Crippen MR) is 93.8 cm³/mol. The standard InChI is InChI=1S/C18H21BrN2O2/c1-12-5-3-4-6-16(12)21-18(22)14(11-20)9-13-10-15(19)7-8-17(13)23-2/h7-10,12,16H,3-6H2,1-2H3,(H,21,22)/b14-9+/t12-,16-/m0/s1. The minimum Gasteiger partial charge on any atom is -0.496 e. The number of halogens is 1. The Bertz CT molecular complexity index is 649. The van der Waals surface area contributed by atoms with Gasteiger partial charge < -0.3 is 10.1 Å². The van der Waals surface area contributed by atoms with Crippen LogP contribution in [0.3, 0.4) is 0 Å². The number of nitrogens with zero attached hydrogens (tertiary/aromatic N) is 1. The number of carbonyl (C=O) groups excluding carboxylic acids is 1. The molecule has 0 aliphatic heterocycles. The van der Waals surface area contributed by atoms with Crippen molar-refractivity contribution in [3.63, 3.8) is 0 Å². The van der Waals surface area contributed by atoms with Crippen LogP contribution in [0.25, 0.3) is 6.08 Å². The summed E-state index contributed by atoms with van der Waals surface area (Å²) in [5, 5.41) is 12.4. The summed E-state index contributed by atoms with van der Waals surface area (Å²) in [5.41, 5.74) is 0.796. The van der Waals surface area contributed by atoms with Gasteiger partial charge in [0.2, 0.25) is 0 Å². The van der Waals surface area contributed by atoms with E-state index in [9.17, 15) is 10.1 Å². The van der Waals surface area contributed by atoms with Crippen LogP contribution in [-0.2, 0) is 4.79 Å². The van der Waals surface area contributed by atoms with Gasteiger partial charge in [-0.05, 0) is 43.0 Å². The average Bonchev–Trinajstić information content (AvgIpc) is 2.54. The molecule has 2 atom stereocenters. The van der Waals surface area contributed by atoms with Crippen molar-refractivity contribution >= 4 is 27.9 Å². The Kier molecular flexibility index (Phi) is 6.23. The molecule has 1 aromatic rings. The van der Waals surface area contributed by atoms with Crippen LogP contribution in [-0.4, -0.2) is 19.1 Å². The summed E-state index contributed by atoms with van der Waals surface area (Å²) >= 11 is 3.39. The molecule has 1 aromatic carbocycles. The molecule has 1 fully saturated rings. The summed E-state index contributed by atoms with van der Waals surface area (Å²) in [5.74, 6) is 0.765. The first-order valence-electron chi connectivity index (χ1n) is 7.81. The maximum atomic E-state index is 12.4. The van der Waals surface area contributed by atoms with E-state index >= 15 is 0 Å². The van der Waals surface area contributed by atoms with Gasteiger partial charge in [0.25, 0.3) is 5.91 Å². The fourth-order valence-corrected chi connectivity index (χ4v) is 3.28. The van der Waals surface area contributed by atoms with Crippen LogP contribution in [0.2, 0.25) is 0 Å². The van der Waals surface area contributed by atoms with Gasteiger partial charge in [0.05, 0.1) is 7.11 Å². The first-order chi connectivity index (χ1) is 11.0. The molecule has 1 aliphatic carbocycles. The Hall–Kier alpha value is -1.80. The van der Waals surface area contributed by atoms with Crippen molar-refractivity contribution in [3.05, 3.63) is 33.8 Å². The molecule has 0 bridgehead atoms. The molecule has 5 heteroatoms. The van der Waals surface area contributed by atoms with E-state index < -0.39 is 0 Å². The molecule has 4 nitrogen and oxygen atoms in total. The van der Waals surface area contributed by atoms with E-state index in [2.05, 4.69) is 28.2 Å². The number of amides is 1. The molecule has 0 aromatic heterocycles. The monoisotopic (exact) mass is 376 g/mol. The average molecular weight is 377 g/mol. The summed E-state index contributed by atoms with van der Waals surface area (Å²) < 4.78 is 6.15. The lowest BCUT2D eigenvalue weighted by atomic mass is 9.86. The third kappa shape index (κ3) is 4.59. The van der Waals surface area contributed by atoms with Crippen molar-refractivity contribution in [1.29, 1.82) is 5.26 Å². The number of ether oxygens (including phenoxy) is 1. The number of carbonyl (C=O) groups is 1. The number of benzene rings is 1. The predicted octanol–water partition coefficient (Wildman–Crippen LogP) is 4.06. The third-order valence-electron chi connectivity index (χ3n) is 4.28. The third-order valence-corrected chi connectivity index (χ3v) is 4.78. The summed E-state index contributed by atoms with van der Waals surface area (Å²) in [7, 11) is 1.57. The fourth-order valence-electron chi connectivity index (χ4n) is 2.90. The second kappa shape index (κ2) is 8.16. The minimum atomic E-state index is -0.312. The second-order valence-corrected chi connectivity index (χ2v) is 6.81. The number of hydrogen-bond acceptors (Lipinski definition) is 3. The molecule has 0 radical (unpaired) electrons. The van der Waals surface area contributed by atoms with Gasteiger partial charge in [-0.1, -0.05) is 35.7 Å². The zero-order chi connectivity index (χ0) is 16.8. The molecular weight excluding hydrogens is 356 g/mol. The molecule has 1 aliphatic rings. The Morgan fingerprint density at radius 1 is 1.43 bits per heavy atom. The van der Waals surface area contributed by atoms with Crippen LogP contribution >= 0.6 is 15.9 Å². The molecule has 0 heterocycles. The van der Waals surface area contributed by atoms with Crippen molar-refractivity contribution in [2.24, 2.45) is 5.92 Å². The Labute approximate surface area is 145 Å². The van der Waals surface area contributed by atoms with Gasteiger partial charge in [-0.2, -0.15) is 5.26 Å². The van der Waals surface area contributed by atoms with Gasteiger partial charge in [0.15, 0.2) is 0 Å². The highest BCUT2D eigenvalue weighted by Crippen LogP contribution is 2.26. The zero-order valence-corrected chi connectivity index (χ0v) is 15.0. The molecule has 1 N–H and O–H groups in total. The van der Waals surface area contributed by atoms with Crippen LogP contribution in [0, 0.1) is 17.2 Å². The van der Waals surface area contributed by atoms with Gasteiger partial charge in [0, 0.05) is 16.1 Å². The van der Waals surface area contributed by atoms with Crippen LogP contribution in [0.1, 0.15) is 38.2 Å². The maximum absolute atomic E-state index is 12.4. The van der Waals surface area contributed by atoms with Crippen molar-refractivity contribution in [2.45, 2.75) is 38.6 Å².